The molecule has 0 N–H and O–H groups in total. The van der Waals surface area contributed by atoms with Crippen LogP contribution in [0.4, 0.5) is 0 Å². The van der Waals surface area contributed by atoms with Gasteiger partial charge in [-0.2, -0.15) is 0 Å². The zero-order valence-corrected chi connectivity index (χ0v) is 15.8. The van der Waals surface area contributed by atoms with Crippen molar-refractivity contribution in [2.45, 2.75) is 79.1 Å². The minimum absolute atomic E-state index is 1.02. The van der Waals surface area contributed by atoms with Crippen molar-refractivity contribution in [2.75, 3.05) is 0 Å². The molecule has 128 valence electrons. The van der Waals surface area contributed by atoms with E-state index in [1.807, 2.05) is 12.2 Å². The van der Waals surface area contributed by atoms with E-state index in [9.17, 15) is 0 Å². The number of hydrogen-bond acceptors (Lipinski definition) is 0. The van der Waals surface area contributed by atoms with Crippen LogP contribution in [0.1, 0.15) is 79.1 Å². The van der Waals surface area contributed by atoms with Crippen molar-refractivity contribution in [1.82, 2.24) is 0 Å². The Kier molecular flexibility index (Phi) is 28.8. The molecule has 0 nitrogen and oxygen atoms in total. The van der Waals surface area contributed by atoms with Crippen LogP contribution >= 0.6 is 0 Å². The Bertz CT molecular complexity index is 291. The number of rotatable bonds is 10. The molecule has 0 aliphatic rings. The van der Waals surface area contributed by atoms with E-state index < -0.39 is 0 Å². The van der Waals surface area contributed by atoms with E-state index in [0.717, 1.165) is 12.8 Å². The first-order valence-electron chi connectivity index (χ1n) is 8.61. The lowest BCUT2D eigenvalue weighted by Gasteiger charge is -1.97. The smallest absolute Gasteiger partial charge is 0.0144 e. The molecule has 22 heavy (non-hydrogen) atoms. The van der Waals surface area contributed by atoms with Crippen LogP contribution in [0.15, 0.2) is 61.8 Å². The van der Waals surface area contributed by atoms with Crippen LogP contribution < -0.4 is 0 Å². The molecule has 0 aromatic heterocycles. The topological polar surface area (TPSA) is 0 Å². The molecule has 0 aliphatic carbocycles. The maximum absolute atomic E-state index is 3.71. The maximum atomic E-state index is 3.71. The monoisotopic (exact) mass is 304 g/mol. The van der Waals surface area contributed by atoms with E-state index in [1.54, 1.807) is 0 Å². The lowest BCUT2D eigenvalue weighted by atomic mass is 10.1. The SMILES string of the molecule is C=C.C=CCC(C)=CCCC(C)=CC.C=CCCCCCC. The van der Waals surface area contributed by atoms with Gasteiger partial charge in [-0.15, -0.1) is 26.3 Å². The van der Waals surface area contributed by atoms with Crippen molar-refractivity contribution in [3.05, 3.63) is 61.8 Å². The van der Waals surface area contributed by atoms with E-state index in [2.05, 4.69) is 66.2 Å². The van der Waals surface area contributed by atoms with E-state index in [-0.39, 0.29) is 0 Å². The van der Waals surface area contributed by atoms with Gasteiger partial charge < -0.3 is 0 Å². The molecule has 0 aliphatic heterocycles. The summed E-state index contributed by atoms with van der Waals surface area (Å²) in [6.45, 7) is 22.0. The van der Waals surface area contributed by atoms with Gasteiger partial charge in [-0.1, -0.05) is 61.6 Å². The lowest BCUT2D eigenvalue weighted by Crippen LogP contribution is -1.77. The molecule has 0 amide bonds. The molecule has 0 atom stereocenters. The number of hydrogen-bond donors (Lipinski definition) is 0. The van der Waals surface area contributed by atoms with Crippen LogP contribution in [0.5, 0.6) is 0 Å². The van der Waals surface area contributed by atoms with Gasteiger partial charge in [-0.25, -0.2) is 0 Å². The Morgan fingerprint density at radius 1 is 0.864 bits per heavy atom. The summed E-state index contributed by atoms with van der Waals surface area (Å²) in [5, 5.41) is 0. The molecule has 0 aromatic carbocycles. The van der Waals surface area contributed by atoms with Gasteiger partial charge in [-0.3, -0.25) is 0 Å². The van der Waals surface area contributed by atoms with Gasteiger partial charge in [0.05, 0.1) is 0 Å². The number of unbranched alkanes of at least 4 members (excludes halogenated alkanes) is 4. The predicted octanol–water partition coefficient (Wildman–Crippen LogP) is 8.20. The van der Waals surface area contributed by atoms with Crippen molar-refractivity contribution in [1.29, 1.82) is 0 Å². The number of allylic oxidation sites excluding steroid dienone is 6. The van der Waals surface area contributed by atoms with Crippen LogP contribution in [-0.4, -0.2) is 0 Å². The zero-order chi connectivity index (χ0) is 17.6. The molecule has 0 spiro atoms. The first-order valence-corrected chi connectivity index (χ1v) is 8.61. The fourth-order valence-electron chi connectivity index (χ4n) is 1.72. The molecule has 0 bridgehead atoms. The Hall–Kier alpha value is -1.30. The van der Waals surface area contributed by atoms with Crippen LogP contribution in [0.2, 0.25) is 0 Å². The summed E-state index contributed by atoms with van der Waals surface area (Å²) in [4.78, 5) is 0. The highest BCUT2D eigenvalue weighted by molar-refractivity contribution is 5.05. The van der Waals surface area contributed by atoms with Crippen molar-refractivity contribution >= 4 is 0 Å². The Morgan fingerprint density at radius 2 is 1.50 bits per heavy atom. The highest BCUT2D eigenvalue weighted by atomic mass is 13.9. The average molecular weight is 305 g/mol. The van der Waals surface area contributed by atoms with Gasteiger partial charge >= 0.3 is 0 Å². The summed E-state index contributed by atoms with van der Waals surface area (Å²) in [5.74, 6) is 0. The third-order valence-corrected chi connectivity index (χ3v) is 3.25. The summed E-state index contributed by atoms with van der Waals surface area (Å²) >= 11 is 0. The van der Waals surface area contributed by atoms with Crippen LogP contribution in [0.3, 0.4) is 0 Å². The van der Waals surface area contributed by atoms with E-state index in [1.165, 1.54) is 49.7 Å². The summed E-state index contributed by atoms with van der Waals surface area (Å²) in [7, 11) is 0. The minimum Gasteiger partial charge on any atom is -0.106 e. The lowest BCUT2D eigenvalue weighted by molar-refractivity contribution is 0.675. The van der Waals surface area contributed by atoms with Crippen molar-refractivity contribution in [2.24, 2.45) is 0 Å². The Labute approximate surface area is 141 Å². The average Bonchev–Trinajstić information content (AvgIpc) is 2.54. The molecule has 0 saturated carbocycles. The largest absolute Gasteiger partial charge is 0.106 e. The van der Waals surface area contributed by atoms with Gasteiger partial charge in [0.1, 0.15) is 0 Å². The molecule has 0 unspecified atom stereocenters. The summed E-state index contributed by atoms with van der Waals surface area (Å²) in [6, 6.07) is 0. The molecule has 0 heterocycles. The summed E-state index contributed by atoms with van der Waals surface area (Å²) in [6.07, 6.45) is 18.4. The first kappa shape index (κ1) is 25.6. The standard InChI is InChI=1S/C12H20.C8H16.C2H4/c1-5-8-12(4)10-7-9-11(3)6-2;1-3-5-7-8-6-4-2;1-2/h5-6,10H,1,7-9H2,2-4H3;3H,1,4-8H2,2H3;1-2H2. The fourth-order valence-corrected chi connectivity index (χ4v) is 1.72. The predicted molar refractivity (Wildman–Crippen MR) is 107 cm³/mol. The summed E-state index contributed by atoms with van der Waals surface area (Å²) in [5.41, 5.74) is 2.89. The molecule has 0 heteroatoms. The van der Waals surface area contributed by atoms with E-state index >= 15 is 0 Å². The molecule has 0 radical (unpaired) electrons. The zero-order valence-electron chi connectivity index (χ0n) is 15.8. The fraction of sp³-hybridized carbons (Fsp3) is 0.545. The second-order valence-corrected chi connectivity index (χ2v) is 5.35. The van der Waals surface area contributed by atoms with Crippen LogP contribution in [0.25, 0.3) is 0 Å². The van der Waals surface area contributed by atoms with E-state index in [0.29, 0.717) is 0 Å². The van der Waals surface area contributed by atoms with Gasteiger partial charge in [0, 0.05) is 0 Å². The van der Waals surface area contributed by atoms with Crippen LogP contribution in [0, 0.1) is 0 Å². The van der Waals surface area contributed by atoms with Crippen molar-refractivity contribution < 1.29 is 0 Å². The van der Waals surface area contributed by atoms with E-state index in [4.69, 9.17) is 0 Å². The molecular formula is C22H40. The highest BCUT2D eigenvalue weighted by Crippen LogP contribution is 2.08. The van der Waals surface area contributed by atoms with Gasteiger partial charge in [0.25, 0.3) is 0 Å². The third-order valence-electron chi connectivity index (χ3n) is 3.25. The molecule has 0 rings (SSSR count). The molecule has 0 aromatic rings. The van der Waals surface area contributed by atoms with Crippen molar-refractivity contribution in [3.63, 3.8) is 0 Å². The second-order valence-electron chi connectivity index (χ2n) is 5.35. The van der Waals surface area contributed by atoms with Gasteiger partial charge in [0.15, 0.2) is 0 Å². The minimum atomic E-state index is 1.02. The first-order chi connectivity index (χ1) is 10.6. The third kappa shape index (κ3) is 27.1. The van der Waals surface area contributed by atoms with Crippen LogP contribution in [-0.2, 0) is 0 Å². The highest BCUT2D eigenvalue weighted by Gasteiger charge is 1.87. The maximum Gasteiger partial charge on any atom is -0.0144 e. The Morgan fingerprint density at radius 3 is 1.95 bits per heavy atom. The van der Waals surface area contributed by atoms with Crippen molar-refractivity contribution in [3.8, 4) is 0 Å². The normalized spacial score (nSPS) is 10.7. The van der Waals surface area contributed by atoms with Gasteiger partial charge in [-0.05, 0) is 52.9 Å². The summed E-state index contributed by atoms with van der Waals surface area (Å²) < 4.78 is 0. The Balaban J connectivity index is -0.000000313. The second kappa shape index (κ2) is 24.7. The molecule has 0 fully saturated rings. The molecule has 0 saturated heterocycles. The van der Waals surface area contributed by atoms with Gasteiger partial charge in [0.2, 0.25) is 0 Å². The quantitative estimate of drug-likeness (QED) is 0.282. The molecular weight excluding hydrogens is 264 g/mol.